The van der Waals surface area contributed by atoms with Crippen LogP contribution in [0.5, 0.6) is 0 Å². The summed E-state index contributed by atoms with van der Waals surface area (Å²) in [4.78, 5) is 17.2. The average molecular weight is 290 g/mol. The minimum absolute atomic E-state index is 0.226. The lowest BCUT2D eigenvalue weighted by molar-refractivity contribution is -0.133. The van der Waals surface area contributed by atoms with Gasteiger partial charge in [0, 0.05) is 24.3 Å². The molecule has 2 aliphatic heterocycles. The lowest BCUT2D eigenvalue weighted by Gasteiger charge is -2.33. The van der Waals surface area contributed by atoms with Crippen LogP contribution in [0.3, 0.4) is 0 Å². The van der Waals surface area contributed by atoms with E-state index in [1.807, 2.05) is 24.6 Å². The maximum atomic E-state index is 12.7. The lowest BCUT2D eigenvalue weighted by Crippen LogP contribution is -2.48. The highest BCUT2D eigenvalue weighted by molar-refractivity contribution is 5.76. The number of nitrogens with zero attached hydrogens (tertiary/aromatic N) is 4. The number of amides is 1. The topological polar surface area (TPSA) is 41.4 Å². The molecule has 0 saturated carbocycles. The molecule has 2 atom stereocenters. The summed E-state index contributed by atoms with van der Waals surface area (Å²) in [7, 11) is 2.19. The molecule has 21 heavy (non-hydrogen) atoms. The van der Waals surface area contributed by atoms with Crippen molar-refractivity contribution in [3.63, 3.8) is 0 Å². The molecule has 0 radical (unpaired) electrons. The van der Waals surface area contributed by atoms with Crippen LogP contribution >= 0.6 is 0 Å². The first-order chi connectivity index (χ1) is 10.1. The number of hydrogen-bond donors (Lipinski definition) is 0. The Labute approximate surface area is 126 Å². The quantitative estimate of drug-likeness (QED) is 0.849. The van der Waals surface area contributed by atoms with Crippen molar-refractivity contribution in [3.05, 3.63) is 17.5 Å². The van der Waals surface area contributed by atoms with Crippen LogP contribution in [-0.2, 0) is 11.3 Å². The Kier molecular flexibility index (Phi) is 4.02. The molecule has 0 aromatic carbocycles. The van der Waals surface area contributed by atoms with Crippen LogP contribution in [0, 0.1) is 13.8 Å². The van der Waals surface area contributed by atoms with E-state index < -0.39 is 0 Å². The Morgan fingerprint density at radius 3 is 2.57 bits per heavy atom. The highest BCUT2D eigenvalue weighted by Gasteiger charge is 2.38. The van der Waals surface area contributed by atoms with Crippen LogP contribution in [0.15, 0.2) is 6.07 Å². The average Bonchev–Trinajstić information content (AvgIpc) is 3.10. The first-order valence-electron chi connectivity index (χ1n) is 8.07. The Morgan fingerprint density at radius 1 is 1.24 bits per heavy atom. The number of carbonyl (C=O) groups excluding carboxylic acids is 1. The van der Waals surface area contributed by atoms with Crippen molar-refractivity contribution < 1.29 is 4.79 Å². The Balaban J connectivity index is 1.70. The van der Waals surface area contributed by atoms with Crippen molar-refractivity contribution >= 4 is 5.91 Å². The molecule has 1 aromatic rings. The first kappa shape index (κ1) is 14.6. The Morgan fingerprint density at radius 2 is 1.95 bits per heavy atom. The third-order valence-electron chi connectivity index (χ3n) is 5.03. The Hall–Kier alpha value is -1.36. The molecule has 2 aliphatic rings. The minimum atomic E-state index is 0.226. The zero-order chi connectivity index (χ0) is 15.0. The predicted molar refractivity (Wildman–Crippen MR) is 82.1 cm³/mol. The van der Waals surface area contributed by atoms with Gasteiger partial charge in [-0.1, -0.05) is 0 Å². The van der Waals surface area contributed by atoms with E-state index in [1.54, 1.807) is 0 Å². The van der Waals surface area contributed by atoms with Gasteiger partial charge in [0.25, 0.3) is 0 Å². The zero-order valence-corrected chi connectivity index (χ0v) is 13.4. The molecule has 0 N–H and O–H groups in total. The highest BCUT2D eigenvalue weighted by atomic mass is 16.2. The molecular formula is C16H26N4O. The van der Waals surface area contributed by atoms with Crippen molar-refractivity contribution in [1.29, 1.82) is 0 Å². The number of hydrogen-bond acceptors (Lipinski definition) is 3. The molecule has 116 valence electrons. The number of aromatic nitrogens is 2. The molecule has 0 bridgehead atoms. The summed E-state index contributed by atoms with van der Waals surface area (Å²) in [5.74, 6) is 0.226. The van der Waals surface area contributed by atoms with Crippen molar-refractivity contribution in [2.75, 3.05) is 20.1 Å². The van der Waals surface area contributed by atoms with Gasteiger partial charge in [-0.15, -0.1) is 0 Å². The summed E-state index contributed by atoms with van der Waals surface area (Å²) < 4.78 is 1.84. The number of rotatable bonds is 3. The third kappa shape index (κ3) is 2.84. The van der Waals surface area contributed by atoms with Crippen LogP contribution < -0.4 is 0 Å². The fraction of sp³-hybridized carbons (Fsp3) is 0.750. The van der Waals surface area contributed by atoms with Crippen molar-refractivity contribution in [3.8, 4) is 0 Å². The van der Waals surface area contributed by atoms with Gasteiger partial charge in [-0.05, 0) is 59.2 Å². The minimum Gasteiger partial charge on any atom is -0.337 e. The van der Waals surface area contributed by atoms with Crippen molar-refractivity contribution in [2.24, 2.45) is 0 Å². The summed E-state index contributed by atoms with van der Waals surface area (Å²) in [6.45, 7) is 6.44. The van der Waals surface area contributed by atoms with Crippen LogP contribution in [0.25, 0.3) is 0 Å². The predicted octanol–water partition coefficient (Wildman–Crippen LogP) is 1.59. The SMILES string of the molecule is Cc1cc(C)n(CC(=O)N2CCC[C@@H]2[C@H]2CCCN2C)n1. The van der Waals surface area contributed by atoms with E-state index >= 15 is 0 Å². The second-order valence-corrected chi connectivity index (χ2v) is 6.57. The monoisotopic (exact) mass is 290 g/mol. The molecular weight excluding hydrogens is 264 g/mol. The maximum absolute atomic E-state index is 12.7. The largest absolute Gasteiger partial charge is 0.337 e. The van der Waals surface area contributed by atoms with Gasteiger partial charge in [-0.3, -0.25) is 9.48 Å². The molecule has 0 spiro atoms. The van der Waals surface area contributed by atoms with Gasteiger partial charge < -0.3 is 9.80 Å². The fourth-order valence-corrected chi connectivity index (χ4v) is 3.98. The van der Waals surface area contributed by atoms with Crippen LogP contribution in [0.4, 0.5) is 0 Å². The summed E-state index contributed by atoms with van der Waals surface area (Å²) in [5.41, 5.74) is 2.04. The van der Waals surface area contributed by atoms with E-state index in [0.29, 0.717) is 18.6 Å². The van der Waals surface area contributed by atoms with Crippen molar-refractivity contribution in [1.82, 2.24) is 19.6 Å². The van der Waals surface area contributed by atoms with Gasteiger partial charge in [-0.25, -0.2) is 0 Å². The number of carbonyl (C=O) groups is 1. The molecule has 0 unspecified atom stereocenters. The summed E-state index contributed by atoms with van der Waals surface area (Å²) in [6.07, 6.45) is 4.78. The van der Waals surface area contributed by atoms with Gasteiger partial charge in [0.1, 0.15) is 6.54 Å². The van der Waals surface area contributed by atoms with Gasteiger partial charge >= 0.3 is 0 Å². The fourth-order valence-electron chi connectivity index (χ4n) is 3.98. The van der Waals surface area contributed by atoms with E-state index in [2.05, 4.69) is 21.9 Å². The van der Waals surface area contributed by atoms with Crippen LogP contribution in [0.1, 0.15) is 37.1 Å². The number of likely N-dealkylation sites (N-methyl/N-ethyl adjacent to an activating group) is 1. The van der Waals surface area contributed by atoms with Gasteiger partial charge in [0.15, 0.2) is 0 Å². The Bertz CT molecular complexity index is 524. The maximum Gasteiger partial charge on any atom is 0.244 e. The molecule has 3 rings (SSSR count). The van der Waals surface area contributed by atoms with E-state index in [1.165, 1.54) is 19.4 Å². The highest BCUT2D eigenvalue weighted by Crippen LogP contribution is 2.29. The standard InChI is InChI=1S/C16H26N4O/c1-12-10-13(2)20(17-12)11-16(21)19-9-5-7-15(19)14-6-4-8-18(14)3/h10,14-15H,4-9,11H2,1-3H3/t14-,15-/m1/s1. The molecule has 5 heteroatoms. The van der Waals surface area contributed by atoms with Gasteiger partial charge in [-0.2, -0.15) is 5.10 Å². The molecule has 0 aliphatic carbocycles. The van der Waals surface area contributed by atoms with Crippen LogP contribution in [0.2, 0.25) is 0 Å². The second-order valence-electron chi connectivity index (χ2n) is 6.57. The second kappa shape index (κ2) is 5.79. The lowest BCUT2D eigenvalue weighted by atomic mass is 10.0. The molecule has 2 saturated heterocycles. The van der Waals surface area contributed by atoms with Gasteiger partial charge in [0.05, 0.1) is 5.69 Å². The summed E-state index contributed by atoms with van der Waals surface area (Å²) in [6, 6.07) is 2.98. The van der Waals surface area contributed by atoms with E-state index in [9.17, 15) is 4.79 Å². The van der Waals surface area contributed by atoms with E-state index in [-0.39, 0.29) is 5.91 Å². The number of aryl methyl sites for hydroxylation is 2. The third-order valence-corrected chi connectivity index (χ3v) is 5.03. The van der Waals surface area contributed by atoms with E-state index in [4.69, 9.17) is 0 Å². The van der Waals surface area contributed by atoms with E-state index in [0.717, 1.165) is 30.8 Å². The summed E-state index contributed by atoms with van der Waals surface area (Å²) in [5, 5.41) is 4.42. The van der Waals surface area contributed by atoms with Gasteiger partial charge in [0.2, 0.25) is 5.91 Å². The molecule has 1 amide bonds. The molecule has 1 aromatic heterocycles. The first-order valence-corrected chi connectivity index (χ1v) is 8.07. The van der Waals surface area contributed by atoms with Crippen molar-refractivity contribution in [2.45, 2.75) is 58.2 Å². The normalized spacial score (nSPS) is 26.7. The van der Waals surface area contributed by atoms with Crippen LogP contribution in [-0.4, -0.2) is 57.7 Å². The summed E-state index contributed by atoms with van der Waals surface area (Å²) >= 11 is 0. The molecule has 3 heterocycles. The molecule has 5 nitrogen and oxygen atoms in total. The zero-order valence-electron chi connectivity index (χ0n) is 13.4. The molecule has 2 fully saturated rings. The smallest absolute Gasteiger partial charge is 0.244 e. The number of likely N-dealkylation sites (tertiary alicyclic amines) is 2.